The Morgan fingerprint density at radius 3 is 2.44 bits per heavy atom. The summed E-state index contributed by atoms with van der Waals surface area (Å²) in [5, 5.41) is 0.673. The third-order valence-electron chi connectivity index (χ3n) is 7.60. The highest BCUT2D eigenvalue weighted by Gasteiger charge is 2.48. The first kappa shape index (κ1) is 29.6. The molecule has 2 aromatic carbocycles. The highest BCUT2D eigenvalue weighted by Crippen LogP contribution is 2.45. The molecule has 3 aromatic rings. The lowest BCUT2D eigenvalue weighted by molar-refractivity contribution is -0.178. The molecule has 2 aliphatic rings. The second-order valence-electron chi connectivity index (χ2n) is 10.4. The minimum atomic E-state index is -3.67. The van der Waals surface area contributed by atoms with Gasteiger partial charge in [-0.2, -0.15) is 0 Å². The van der Waals surface area contributed by atoms with Gasteiger partial charge in [0.2, 0.25) is 10.0 Å². The monoisotopic (exact) mass is 613 g/mol. The standard InChI is InChI=1S/C31H33Cl2N3O4S/c1-3-8-27-31(37)36(25(4-2)20-35(28-11-5-6-18-34-28)41(38,39)26-16-17-26)29(21-12-14-23(32)15-13-21)30(40-27)22-9-7-10-24(33)19-22/h3,5-7,9-15,18-19,25-27,29-30H,1,4,8,16-17,20H2,2H3/t25?,27-,29-,30-/m1/s1. The first-order valence-corrected chi connectivity index (χ1v) is 16.0. The van der Waals surface area contributed by atoms with Gasteiger partial charge in [0.05, 0.1) is 23.9 Å². The van der Waals surface area contributed by atoms with Crippen LogP contribution in [0.1, 0.15) is 55.9 Å². The van der Waals surface area contributed by atoms with E-state index in [2.05, 4.69) is 11.6 Å². The minimum absolute atomic E-state index is 0.0608. The number of sulfonamides is 1. The molecule has 1 saturated heterocycles. The molecule has 10 heteroatoms. The Balaban J connectivity index is 1.63. The summed E-state index contributed by atoms with van der Waals surface area (Å²) in [6.45, 7) is 5.87. The first-order chi connectivity index (χ1) is 19.7. The van der Waals surface area contributed by atoms with Gasteiger partial charge < -0.3 is 9.64 Å². The van der Waals surface area contributed by atoms with Gasteiger partial charge in [0.25, 0.3) is 5.91 Å². The molecule has 0 radical (unpaired) electrons. The van der Waals surface area contributed by atoms with Crippen molar-refractivity contribution in [2.45, 2.75) is 62.1 Å². The summed E-state index contributed by atoms with van der Waals surface area (Å²) < 4.78 is 35.3. The molecule has 1 aliphatic carbocycles. The van der Waals surface area contributed by atoms with Crippen molar-refractivity contribution in [2.24, 2.45) is 0 Å². The average Bonchev–Trinajstić information content (AvgIpc) is 3.83. The molecule has 5 rings (SSSR count). The lowest BCUT2D eigenvalue weighted by Gasteiger charge is -2.48. The van der Waals surface area contributed by atoms with Crippen LogP contribution in [0.25, 0.3) is 0 Å². The Morgan fingerprint density at radius 1 is 1.07 bits per heavy atom. The highest BCUT2D eigenvalue weighted by molar-refractivity contribution is 7.93. The SMILES string of the molecule is C=CC[C@H]1O[C@H](c2cccc(Cl)c2)[C@@H](c2ccc(Cl)cc2)N(C(CC)CN(c2ccccn2)S(=O)(=O)C2CC2)C1=O. The zero-order chi connectivity index (χ0) is 29.1. The van der Waals surface area contributed by atoms with Crippen LogP contribution in [0, 0.1) is 0 Å². The van der Waals surface area contributed by atoms with Crippen LogP contribution in [0.2, 0.25) is 10.0 Å². The third kappa shape index (κ3) is 6.31. The van der Waals surface area contributed by atoms with Crippen molar-refractivity contribution in [3.63, 3.8) is 0 Å². The molecule has 1 saturated carbocycles. The number of rotatable bonds is 11. The van der Waals surface area contributed by atoms with Crippen molar-refractivity contribution in [1.29, 1.82) is 0 Å². The molecule has 216 valence electrons. The van der Waals surface area contributed by atoms with Gasteiger partial charge in [0.15, 0.2) is 0 Å². The van der Waals surface area contributed by atoms with Gasteiger partial charge in [-0.3, -0.25) is 9.10 Å². The van der Waals surface area contributed by atoms with Crippen molar-refractivity contribution >= 4 is 45.0 Å². The molecule has 7 nitrogen and oxygen atoms in total. The number of hydrogen-bond donors (Lipinski definition) is 0. The number of nitrogens with zero attached hydrogens (tertiary/aromatic N) is 3. The summed E-state index contributed by atoms with van der Waals surface area (Å²) >= 11 is 12.6. The molecule has 2 fully saturated rings. The van der Waals surface area contributed by atoms with Crippen LogP contribution < -0.4 is 4.31 Å². The van der Waals surface area contributed by atoms with Crippen molar-refractivity contribution < 1.29 is 17.9 Å². The van der Waals surface area contributed by atoms with E-state index in [1.807, 2.05) is 42.2 Å². The number of aromatic nitrogens is 1. The van der Waals surface area contributed by atoms with E-state index in [1.165, 1.54) is 4.31 Å². The van der Waals surface area contributed by atoms with E-state index in [4.69, 9.17) is 27.9 Å². The summed E-state index contributed by atoms with van der Waals surface area (Å²) in [7, 11) is -3.67. The van der Waals surface area contributed by atoms with E-state index < -0.39 is 39.6 Å². The predicted molar refractivity (Wildman–Crippen MR) is 163 cm³/mol. The normalized spacial score (nSPS) is 21.9. The van der Waals surface area contributed by atoms with Gasteiger partial charge in [-0.05, 0) is 66.8 Å². The van der Waals surface area contributed by atoms with Gasteiger partial charge in [-0.25, -0.2) is 13.4 Å². The third-order valence-corrected chi connectivity index (χ3v) is 10.3. The first-order valence-electron chi connectivity index (χ1n) is 13.8. The molecule has 41 heavy (non-hydrogen) atoms. The molecule has 4 atom stereocenters. The maximum absolute atomic E-state index is 14.2. The maximum atomic E-state index is 14.2. The lowest BCUT2D eigenvalue weighted by Crippen LogP contribution is -2.57. The Labute approximate surface area is 251 Å². The average molecular weight is 615 g/mol. The second-order valence-corrected chi connectivity index (χ2v) is 13.4. The molecule has 1 unspecified atom stereocenters. The van der Waals surface area contributed by atoms with Crippen LogP contribution in [-0.4, -0.2) is 48.1 Å². The van der Waals surface area contributed by atoms with Crippen molar-refractivity contribution in [3.8, 4) is 0 Å². The molecule has 0 bridgehead atoms. The topological polar surface area (TPSA) is 79.8 Å². The van der Waals surface area contributed by atoms with Crippen LogP contribution in [0.5, 0.6) is 0 Å². The number of anilines is 1. The molecular weight excluding hydrogens is 581 g/mol. The molecule has 1 amide bonds. The number of halogens is 2. The minimum Gasteiger partial charge on any atom is -0.358 e. The van der Waals surface area contributed by atoms with E-state index in [0.717, 1.165) is 11.1 Å². The second kappa shape index (κ2) is 12.5. The quantitative estimate of drug-likeness (QED) is 0.223. The van der Waals surface area contributed by atoms with Crippen LogP contribution in [-0.2, 0) is 19.6 Å². The van der Waals surface area contributed by atoms with Gasteiger partial charge in [0, 0.05) is 22.7 Å². The van der Waals surface area contributed by atoms with Crippen LogP contribution in [0.15, 0.2) is 85.6 Å². The summed E-state index contributed by atoms with van der Waals surface area (Å²) in [6.07, 6.45) is 3.92. The Kier molecular flexibility index (Phi) is 9.04. The van der Waals surface area contributed by atoms with E-state index in [0.29, 0.717) is 41.5 Å². The number of carbonyl (C=O) groups is 1. The van der Waals surface area contributed by atoms with Gasteiger partial charge in [0.1, 0.15) is 18.0 Å². The van der Waals surface area contributed by atoms with Crippen LogP contribution in [0.3, 0.4) is 0 Å². The Morgan fingerprint density at radius 2 is 1.83 bits per heavy atom. The number of carbonyl (C=O) groups excluding carboxylic acids is 1. The fourth-order valence-corrected chi connectivity index (χ4v) is 7.56. The van der Waals surface area contributed by atoms with Crippen LogP contribution in [0.4, 0.5) is 5.82 Å². The van der Waals surface area contributed by atoms with Crippen molar-refractivity contribution in [1.82, 2.24) is 9.88 Å². The fraction of sp³-hybridized carbons (Fsp3) is 0.355. The van der Waals surface area contributed by atoms with E-state index in [9.17, 15) is 13.2 Å². The molecule has 0 spiro atoms. The largest absolute Gasteiger partial charge is 0.358 e. The number of amides is 1. The molecule has 1 aromatic heterocycles. The zero-order valence-electron chi connectivity index (χ0n) is 22.8. The molecule has 0 N–H and O–H groups in total. The lowest BCUT2D eigenvalue weighted by atomic mass is 9.89. The number of hydrogen-bond acceptors (Lipinski definition) is 5. The summed E-state index contributed by atoms with van der Waals surface area (Å²) in [6, 6.07) is 18.9. The number of morpholine rings is 1. The van der Waals surface area contributed by atoms with Gasteiger partial charge in [-0.15, -0.1) is 6.58 Å². The maximum Gasteiger partial charge on any atom is 0.252 e. The molecule has 2 heterocycles. The van der Waals surface area contributed by atoms with Crippen molar-refractivity contribution in [2.75, 3.05) is 10.8 Å². The highest BCUT2D eigenvalue weighted by atomic mass is 35.5. The summed E-state index contributed by atoms with van der Waals surface area (Å²) in [5.41, 5.74) is 1.63. The fourth-order valence-electron chi connectivity index (χ4n) is 5.39. The Bertz CT molecular complexity index is 1480. The number of benzene rings is 2. The van der Waals surface area contributed by atoms with Crippen molar-refractivity contribution in [3.05, 3.63) is 107 Å². The summed E-state index contributed by atoms with van der Waals surface area (Å²) in [5.74, 6) is 0.121. The summed E-state index contributed by atoms with van der Waals surface area (Å²) in [4.78, 5) is 20.4. The Hall–Kier alpha value is -2.91. The zero-order valence-corrected chi connectivity index (χ0v) is 25.1. The smallest absolute Gasteiger partial charge is 0.252 e. The van der Waals surface area contributed by atoms with E-state index in [1.54, 1.807) is 48.7 Å². The number of pyridine rings is 1. The predicted octanol–water partition coefficient (Wildman–Crippen LogP) is 6.75. The van der Waals surface area contributed by atoms with E-state index in [-0.39, 0.29) is 12.5 Å². The van der Waals surface area contributed by atoms with E-state index >= 15 is 0 Å². The molecular formula is C31H33Cl2N3O4S. The van der Waals surface area contributed by atoms with Gasteiger partial charge in [-0.1, -0.05) is 66.5 Å². The number of ether oxygens (including phenoxy) is 1. The molecule has 1 aliphatic heterocycles. The van der Waals surface area contributed by atoms with Crippen LogP contribution >= 0.6 is 23.2 Å². The van der Waals surface area contributed by atoms with Gasteiger partial charge >= 0.3 is 0 Å².